The highest BCUT2D eigenvalue weighted by Gasteiger charge is 2.31. The fraction of sp³-hybridized carbons (Fsp3) is 0.192. The van der Waals surface area contributed by atoms with E-state index in [1.807, 2.05) is 6.92 Å². The van der Waals surface area contributed by atoms with Crippen molar-refractivity contribution in [3.05, 3.63) is 88.9 Å². The van der Waals surface area contributed by atoms with Crippen LogP contribution in [0, 0.1) is 0 Å². The molecule has 192 valence electrons. The molecule has 1 aromatic heterocycles. The maximum Gasteiger partial charge on any atom is 0.416 e. The Balaban J connectivity index is 1.63. The normalized spacial score (nSPS) is 11.4. The Hall–Kier alpha value is -3.89. The maximum atomic E-state index is 13.3. The highest BCUT2D eigenvalue weighted by atomic mass is 35.5. The van der Waals surface area contributed by atoms with Crippen LogP contribution in [-0.2, 0) is 10.9 Å². The first-order valence-electron chi connectivity index (χ1n) is 11.3. The fourth-order valence-electron chi connectivity index (χ4n) is 3.42. The molecule has 0 aliphatic carbocycles. The van der Waals surface area contributed by atoms with Gasteiger partial charge in [-0.2, -0.15) is 18.2 Å². The highest BCUT2D eigenvalue weighted by molar-refractivity contribution is 6.34. The predicted octanol–water partition coefficient (Wildman–Crippen LogP) is 6.27. The lowest BCUT2D eigenvalue weighted by Crippen LogP contribution is -2.12. The number of hydrogen-bond acceptors (Lipinski definition) is 5. The van der Waals surface area contributed by atoms with E-state index in [1.54, 1.807) is 48.5 Å². The Morgan fingerprint density at radius 3 is 2.49 bits per heavy atom. The van der Waals surface area contributed by atoms with E-state index >= 15 is 0 Å². The van der Waals surface area contributed by atoms with Crippen molar-refractivity contribution in [3.63, 3.8) is 0 Å². The number of halogens is 4. The van der Waals surface area contributed by atoms with Gasteiger partial charge in [-0.3, -0.25) is 4.79 Å². The number of aromatic nitrogens is 3. The van der Waals surface area contributed by atoms with Gasteiger partial charge in [0.2, 0.25) is 0 Å². The molecule has 11 heteroatoms. The number of amides is 1. The lowest BCUT2D eigenvalue weighted by Gasteiger charge is -2.10. The summed E-state index contributed by atoms with van der Waals surface area (Å²) in [5.74, 6) is -0.223. The first-order chi connectivity index (χ1) is 17.8. The molecule has 4 aromatic rings. The summed E-state index contributed by atoms with van der Waals surface area (Å²) in [5.41, 5.74) is 0.706. The summed E-state index contributed by atoms with van der Waals surface area (Å²) in [4.78, 5) is 16.9. The Labute approximate surface area is 215 Å². The van der Waals surface area contributed by atoms with Crippen LogP contribution in [-0.4, -0.2) is 40.5 Å². The van der Waals surface area contributed by atoms with Gasteiger partial charge in [0, 0.05) is 17.9 Å². The highest BCUT2D eigenvalue weighted by Crippen LogP contribution is 2.33. The van der Waals surface area contributed by atoms with Crippen molar-refractivity contribution in [2.24, 2.45) is 0 Å². The zero-order chi connectivity index (χ0) is 26.4. The molecule has 3 aromatic carbocycles. The van der Waals surface area contributed by atoms with Gasteiger partial charge in [-0.1, -0.05) is 35.9 Å². The minimum Gasteiger partial charge on any atom is -0.460 e. The molecular formula is C26H22ClF3N4O3. The third-order valence-corrected chi connectivity index (χ3v) is 5.52. The molecule has 7 nitrogen and oxygen atoms in total. The van der Waals surface area contributed by atoms with E-state index < -0.39 is 11.7 Å². The summed E-state index contributed by atoms with van der Waals surface area (Å²) < 4.78 is 52.1. The number of carbonyl (C=O) groups excluding carboxylic acids is 1. The van der Waals surface area contributed by atoms with E-state index in [-0.39, 0.29) is 29.9 Å². The van der Waals surface area contributed by atoms with Crippen molar-refractivity contribution >= 4 is 23.2 Å². The topological polar surface area (TPSA) is 78.3 Å². The van der Waals surface area contributed by atoms with Crippen molar-refractivity contribution in [1.29, 1.82) is 0 Å². The Morgan fingerprint density at radius 1 is 1.03 bits per heavy atom. The average molecular weight is 531 g/mol. The second kappa shape index (κ2) is 11.4. The number of benzene rings is 3. The maximum absolute atomic E-state index is 13.3. The number of anilines is 1. The monoisotopic (exact) mass is 530 g/mol. The van der Waals surface area contributed by atoms with Gasteiger partial charge < -0.3 is 14.8 Å². The number of nitrogens with one attached hydrogen (secondary N) is 1. The molecule has 0 aliphatic rings. The third-order valence-electron chi connectivity index (χ3n) is 5.19. The SMILES string of the molecule is CCOCCOc1nc(-c2cccc(C(F)(F)F)c2)n(-c2ccc(NC(=O)c3ccccc3Cl)cc2)n1. The summed E-state index contributed by atoms with van der Waals surface area (Å²) in [7, 11) is 0. The van der Waals surface area contributed by atoms with E-state index in [0.717, 1.165) is 12.1 Å². The summed E-state index contributed by atoms with van der Waals surface area (Å²) >= 11 is 6.09. The van der Waals surface area contributed by atoms with Crippen LogP contribution in [0.4, 0.5) is 18.9 Å². The Bertz CT molecular complexity index is 1370. The van der Waals surface area contributed by atoms with Gasteiger partial charge >= 0.3 is 12.2 Å². The Kier molecular flexibility index (Phi) is 8.10. The van der Waals surface area contributed by atoms with Crippen LogP contribution in [0.15, 0.2) is 72.8 Å². The second-order valence-electron chi connectivity index (χ2n) is 7.73. The first kappa shape index (κ1) is 26.2. The number of carbonyl (C=O) groups is 1. The molecule has 1 N–H and O–H groups in total. The number of nitrogens with zero attached hydrogens (tertiary/aromatic N) is 3. The minimum atomic E-state index is -4.51. The molecule has 37 heavy (non-hydrogen) atoms. The molecular weight excluding hydrogens is 509 g/mol. The van der Waals surface area contributed by atoms with Gasteiger partial charge in [0.15, 0.2) is 5.82 Å². The number of ether oxygens (including phenoxy) is 2. The van der Waals surface area contributed by atoms with Crippen molar-refractivity contribution in [1.82, 2.24) is 14.8 Å². The number of rotatable bonds is 9. The lowest BCUT2D eigenvalue weighted by atomic mass is 10.1. The van der Waals surface area contributed by atoms with Crippen LogP contribution in [0.5, 0.6) is 6.01 Å². The summed E-state index contributed by atoms with van der Waals surface area (Å²) in [5, 5.41) is 7.42. The van der Waals surface area contributed by atoms with Gasteiger partial charge in [0.25, 0.3) is 5.91 Å². The van der Waals surface area contributed by atoms with Gasteiger partial charge in [-0.05, 0) is 55.5 Å². The van der Waals surface area contributed by atoms with Crippen LogP contribution in [0.3, 0.4) is 0 Å². The quantitative estimate of drug-likeness (QED) is 0.258. The van der Waals surface area contributed by atoms with Crippen LogP contribution in [0.1, 0.15) is 22.8 Å². The molecule has 0 radical (unpaired) electrons. The fourth-order valence-corrected chi connectivity index (χ4v) is 3.64. The van der Waals surface area contributed by atoms with Crippen LogP contribution in [0.2, 0.25) is 5.02 Å². The smallest absolute Gasteiger partial charge is 0.416 e. The lowest BCUT2D eigenvalue weighted by molar-refractivity contribution is -0.137. The average Bonchev–Trinajstić information content (AvgIpc) is 3.31. The molecule has 0 aliphatic heterocycles. The molecule has 0 saturated carbocycles. The number of hydrogen-bond donors (Lipinski definition) is 1. The number of alkyl halides is 3. The van der Waals surface area contributed by atoms with Crippen LogP contribution in [0.25, 0.3) is 17.1 Å². The van der Waals surface area contributed by atoms with Crippen molar-refractivity contribution in [2.75, 3.05) is 25.1 Å². The summed E-state index contributed by atoms with van der Waals surface area (Å²) in [6, 6.07) is 18.0. The molecule has 4 rings (SSSR count). The molecule has 0 fully saturated rings. The first-order valence-corrected chi connectivity index (χ1v) is 11.7. The molecule has 0 atom stereocenters. The minimum absolute atomic E-state index is 0.0109. The van der Waals surface area contributed by atoms with E-state index in [4.69, 9.17) is 21.1 Å². The third kappa shape index (κ3) is 6.46. The largest absolute Gasteiger partial charge is 0.460 e. The summed E-state index contributed by atoms with van der Waals surface area (Å²) in [6.45, 7) is 2.84. The molecule has 0 saturated heterocycles. The Morgan fingerprint density at radius 2 is 1.78 bits per heavy atom. The van der Waals surface area contributed by atoms with Crippen LogP contribution >= 0.6 is 11.6 Å². The zero-order valence-electron chi connectivity index (χ0n) is 19.6. The molecule has 1 heterocycles. The van der Waals surface area contributed by atoms with Crippen LogP contribution < -0.4 is 10.1 Å². The van der Waals surface area contributed by atoms with Gasteiger partial charge in [0.05, 0.1) is 28.4 Å². The predicted molar refractivity (Wildman–Crippen MR) is 133 cm³/mol. The zero-order valence-corrected chi connectivity index (χ0v) is 20.4. The molecule has 0 unspecified atom stereocenters. The van der Waals surface area contributed by atoms with Crippen molar-refractivity contribution in [3.8, 4) is 23.1 Å². The van der Waals surface area contributed by atoms with E-state index in [9.17, 15) is 18.0 Å². The molecule has 0 spiro atoms. The van der Waals surface area contributed by atoms with Gasteiger partial charge in [-0.15, -0.1) is 5.10 Å². The second-order valence-corrected chi connectivity index (χ2v) is 8.14. The van der Waals surface area contributed by atoms with Gasteiger partial charge in [0.1, 0.15) is 6.61 Å². The van der Waals surface area contributed by atoms with Crippen molar-refractivity contribution in [2.45, 2.75) is 13.1 Å². The van der Waals surface area contributed by atoms with E-state index in [0.29, 0.717) is 35.2 Å². The molecule has 0 bridgehead atoms. The van der Waals surface area contributed by atoms with Gasteiger partial charge in [-0.25, -0.2) is 4.68 Å². The van der Waals surface area contributed by atoms with E-state index in [2.05, 4.69) is 15.4 Å². The standard InChI is InChI=1S/C26H22ClF3N4O3/c1-2-36-14-15-37-25-32-23(17-6-5-7-18(16-17)26(28,29)30)34(33-25)20-12-10-19(11-13-20)31-24(35)21-8-3-4-9-22(21)27/h3-13,16H,2,14-15H2,1H3,(H,31,35). The molecule has 1 amide bonds. The summed E-state index contributed by atoms with van der Waals surface area (Å²) in [6.07, 6.45) is -4.51. The van der Waals surface area contributed by atoms with Crippen molar-refractivity contribution < 1.29 is 27.4 Å². The van der Waals surface area contributed by atoms with E-state index in [1.165, 1.54) is 16.8 Å².